The predicted octanol–water partition coefficient (Wildman–Crippen LogP) is 3.63. The number of nitrogen functional groups attached to an aromatic ring is 1. The second kappa shape index (κ2) is 5.23. The quantitative estimate of drug-likeness (QED) is 0.919. The molecule has 0 bridgehead atoms. The average molecular weight is 264 g/mol. The summed E-state index contributed by atoms with van der Waals surface area (Å²) in [4.78, 5) is 7.72. The van der Waals surface area contributed by atoms with Crippen molar-refractivity contribution in [3.8, 4) is 11.6 Å². The van der Waals surface area contributed by atoms with Crippen LogP contribution in [0.4, 0.5) is 5.82 Å². The third kappa shape index (κ3) is 2.71. The Morgan fingerprint density at radius 3 is 2.44 bits per heavy atom. The van der Waals surface area contributed by atoms with Crippen LogP contribution in [0.25, 0.3) is 0 Å². The predicted molar refractivity (Wildman–Crippen MR) is 72.1 cm³/mol. The van der Waals surface area contributed by atoms with E-state index in [-0.39, 0.29) is 16.7 Å². The molecule has 1 aromatic heterocycles. The Hall–Kier alpha value is -1.81. The molecule has 94 valence electrons. The molecule has 2 N–H and O–H groups in total. The van der Waals surface area contributed by atoms with Gasteiger partial charge in [-0.25, -0.2) is 4.98 Å². The number of nitrogens with two attached hydrogens (primary N) is 1. The first-order valence-electron chi connectivity index (χ1n) is 5.61. The molecular formula is C13H14ClN3O. The highest BCUT2D eigenvalue weighted by Gasteiger charge is 2.09. The Morgan fingerprint density at radius 1 is 1.17 bits per heavy atom. The molecule has 0 radical (unpaired) electrons. The number of anilines is 1. The molecule has 2 aromatic rings. The average Bonchev–Trinajstić information content (AvgIpc) is 2.36. The van der Waals surface area contributed by atoms with E-state index in [0.29, 0.717) is 11.7 Å². The highest BCUT2D eigenvalue weighted by molar-refractivity contribution is 6.34. The third-order valence-electron chi connectivity index (χ3n) is 2.55. The number of halogens is 1. The summed E-state index contributed by atoms with van der Waals surface area (Å²) in [5.41, 5.74) is 6.82. The van der Waals surface area contributed by atoms with E-state index in [1.54, 1.807) is 0 Å². The Morgan fingerprint density at radius 2 is 1.83 bits per heavy atom. The summed E-state index contributed by atoms with van der Waals surface area (Å²) in [7, 11) is 0. The zero-order chi connectivity index (χ0) is 13.1. The van der Waals surface area contributed by atoms with Crippen LogP contribution in [0.2, 0.25) is 5.02 Å². The number of nitrogens with zero attached hydrogens (tertiary/aromatic N) is 2. The summed E-state index contributed by atoms with van der Waals surface area (Å²) in [5, 5.41) is 0.227. The van der Waals surface area contributed by atoms with Gasteiger partial charge in [0.25, 0.3) is 0 Å². The molecule has 4 nitrogen and oxygen atoms in total. The van der Waals surface area contributed by atoms with Crippen molar-refractivity contribution in [3.63, 3.8) is 0 Å². The normalized spacial score (nSPS) is 10.7. The summed E-state index contributed by atoms with van der Waals surface area (Å²) in [6.07, 6.45) is 1.32. The van der Waals surface area contributed by atoms with Gasteiger partial charge >= 0.3 is 0 Å². The Labute approximate surface area is 111 Å². The van der Waals surface area contributed by atoms with Crippen molar-refractivity contribution in [1.82, 2.24) is 9.97 Å². The maximum Gasteiger partial charge on any atom is 0.243 e. The second-order valence-corrected chi connectivity index (χ2v) is 4.58. The van der Waals surface area contributed by atoms with E-state index in [0.717, 1.165) is 0 Å². The van der Waals surface area contributed by atoms with Crippen LogP contribution in [0, 0.1) is 0 Å². The lowest BCUT2D eigenvalue weighted by Gasteiger charge is -2.09. The molecule has 0 aliphatic heterocycles. The topological polar surface area (TPSA) is 61.0 Å². The molecule has 2 rings (SSSR count). The zero-order valence-corrected chi connectivity index (χ0v) is 11.0. The van der Waals surface area contributed by atoms with Gasteiger partial charge in [-0.15, -0.1) is 0 Å². The number of hydrogen-bond donors (Lipinski definition) is 1. The van der Waals surface area contributed by atoms with E-state index in [1.165, 1.54) is 11.9 Å². The van der Waals surface area contributed by atoms with Gasteiger partial charge < -0.3 is 10.5 Å². The van der Waals surface area contributed by atoms with Crippen molar-refractivity contribution < 1.29 is 4.74 Å². The molecule has 0 aliphatic carbocycles. The van der Waals surface area contributed by atoms with Crippen LogP contribution >= 0.6 is 11.6 Å². The van der Waals surface area contributed by atoms with Gasteiger partial charge in [-0.05, 0) is 23.6 Å². The van der Waals surface area contributed by atoms with Crippen LogP contribution in [0.5, 0.6) is 11.6 Å². The van der Waals surface area contributed by atoms with Crippen LogP contribution in [0.15, 0.2) is 30.6 Å². The first kappa shape index (κ1) is 12.6. The molecule has 0 unspecified atom stereocenters. The largest absolute Gasteiger partial charge is 0.437 e. The lowest BCUT2D eigenvalue weighted by molar-refractivity contribution is 0.462. The van der Waals surface area contributed by atoms with Crippen molar-refractivity contribution in [2.75, 3.05) is 5.73 Å². The molecule has 0 aliphatic rings. The maximum absolute atomic E-state index is 5.95. The maximum atomic E-state index is 5.95. The Balaban J connectivity index is 2.21. The number of rotatable bonds is 3. The minimum Gasteiger partial charge on any atom is -0.437 e. The highest BCUT2D eigenvalue weighted by atomic mass is 35.5. The fraction of sp³-hybridized carbons (Fsp3) is 0.231. The van der Waals surface area contributed by atoms with Crippen molar-refractivity contribution >= 4 is 17.4 Å². The van der Waals surface area contributed by atoms with Gasteiger partial charge in [-0.1, -0.05) is 37.6 Å². The first-order chi connectivity index (χ1) is 8.58. The van der Waals surface area contributed by atoms with Crippen molar-refractivity contribution in [3.05, 3.63) is 41.2 Å². The van der Waals surface area contributed by atoms with Gasteiger partial charge in [0.1, 0.15) is 22.9 Å². The standard InChI is InChI=1S/C13H14ClN3O/c1-8(2)9-3-5-10(6-4-9)18-13-11(14)12(15)16-7-17-13/h3-8H,1-2H3,(H2,15,16,17). The monoisotopic (exact) mass is 263 g/mol. The third-order valence-corrected chi connectivity index (χ3v) is 2.90. The molecule has 18 heavy (non-hydrogen) atoms. The molecule has 0 atom stereocenters. The van der Waals surface area contributed by atoms with Gasteiger partial charge in [0.2, 0.25) is 5.88 Å². The summed E-state index contributed by atoms with van der Waals surface area (Å²) in [6.45, 7) is 4.27. The Kier molecular flexibility index (Phi) is 3.67. The zero-order valence-electron chi connectivity index (χ0n) is 10.2. The van der Waals surface area contributed by atoms with Gasteiger partial charge in [0, 0.05) is 0 Å². The number of hydrogen-bond acceptors (Lipinski definition) is 4. The van der Waals surface area contributed by atoms with Crippen LogP contribution < -0.4 is 10.5 Å². The van der Waals surface area contributed by atoms with Gasteiger partial charge in [-0.3, -0.25) is 0 Å². The lowest BCUT2D eigenvalue weighted by Crippen LogP contribution is -1.96. The minimum atomic E-state index is 0.209. The summed E-state index contributed by atoms with van der Waals surface area (Å²) < 4.78 is 5.56. The highest BCUT2D eigenvalue weighted by Crippen LogP contribution is 2.30. The van der Waals surface area contributed by atoms with E-state index in [4.69, 9.17) is 22.1 Å². The summed E-state index contributed by atoms with van der Waals surface area (Å²) in [5.74, 6) is 1.62. The molecule has 1 aromatic carbocycles. The van der Waals surface area contributed by atoms with Crippen molar-refractivity contribution in [2.45, 2.75) is 19.8 Å². The summed E-state index contributed by atoms with van der Waals surface area (Å²) >= 11 is 5.95. The van der Waals surface area contributed by atoms with Gasteiger partial charge in [0.15, 0.2) is 0 Å². The molecule has 0 saturated carbocycles. The molecule has 1 heterocycles. The van der Waals surface area contributed by atoms with E-state index >= 15 is 0 Å². The molecule has 5 heteroatoms. The number of aromatic nitrogens is 2. The molecule has 0 spiro atoms. The van der Waals surface area contributed by atoms with Crippen molar-refractivity contribution in [1.29, 1.82) is 0 Å². The van der Waals surface area contributed by atoms with E-state index in [1.807, 2.05) is 24.3 Å². The number of benzene rings is 1. The minimum absolute atomic E-state index is 0.209. The van der Waals surface area contributed by atoms with Gasteiger partial charge in [0.05, 0.1) is 0 Å². The SMILES string of the molecule is CC(C)c1ccc(Oc2ncnc(N)c2Cl)cc1. The fourth-order valence-electron chi connectivity index (χ4n) is 1.47. The summed E-state index contributed by atoms with van der Waals surface area (Å²) in [6, 6.07) is 7.78. The fourth-order valence-corrected chi connectivity index (χ4v) is 1.61. The van der Waals surface area contributed by atoms with Crippen LogP contribution in [0.1, 0.15) is 25.3 Å². The first-order valence-corrected chi connectivity index (χ1v) is 5.99. The molecule has 0 saturated heterocycles. The molecule has 0 amide bonds. The second-order valence-electron chi connectivity index (χ2n) is 4.20. The Bertz CT molecular complexity index is 540. The van der Waals surface area contributed by atoms with Crippen molar-refractivity contribution in [2.24, 2.45) is 0 Å². The molecular weight excluding hydrogens is 250 g/mol. The molecule has 0 fully saturated rings. The van der Waals surface area contributed by atoms with Crippen LogP contribution in [-0.4, -0.2) is 9.97 Å². The lowest BCUT2D eigenvalue weighted by atomic mass is 10.0. The van der Waals surface area contributed by atoms with E-state index in [2.05, 4.69) is 23.8 Å². The van der Waals surface area contributed by atoms with E-state index in [9.17, 15) is 0 Å². The number of ether oxygens (including phenoxy) is 1. The van der Waals surface area contributed by atoms with Crippen LogP contribution in [-0.2, 0) is 0 Å². The van der Waals surface area contributed by atoms with Gasteiger partial charge in [-0.2, -0.15) is 4.98 Å². The van der Waals surface area contributed by atoms with Crippen LogP contribution in [0.3, 0.4) is 0 Å². The smallest absolute Gasteiger partial charge is 0.243 e. The van der Waals surface area contributed by atoms with E-state index < -0.39 is 0 Å².